The van der Waals surface area contributed by atoms with Gasteiger partial charge in [0.15, 0.2) is 0 Å². The first-order valence-corrected chi connectivity index (χ1v) is 33.4. The first-order chi connectivity index (χ1) is 46.3. The summed E-state index contributed by atoms with van der Waals surface area (Å²) in [7, 11) is 0. The van der Waals surface area contributed by atoms with Crippen molar-refractivity contribution in [3.63, 3.8) is 0 Å². The number of benzene rings is 14. The average Bonchev–Trinajstić information content (AvgIpc) is 1.61. The van der Waals surface area contributed by atoms with Gasteiger partial charge in [-0.1, -0.05) is 309 Å². The van der Waals surface area contributed by atoms with Crippen LogP contribution < -0.4 is 9.80 Å². The molecule has 17 rings (SSSR count). The molecule has 0 aromatic heterocycles. The topological polar surface area (TPSA) is 6.48 Å². The van der Waals surface area contributed by atoms with Gasteiger partial charge < -0.3 is 9.80 Å². The Kier molecular flexibility index (Phi) is 13.6. The van der Waals surface area contributed by atoms with Crippen LogP contribution in [-0.2, 0) is 16.2 Å². The lowest BCUT2D eigenvalue weighted by Gasteiger charge is -2.29. The molecule has 14 aromatic rings. The van der Waals surface area contributed by atoms with E-state index >= 15 is 0 Å². The van der Waals surface area contributed by atoms with Gasteiger partial charge in [-0.15, -0.1) is 0 Å². The predicted octanol–water partition coefficient (Wildman–Crippen LogP) is 25.5. The normalized spacial score (nSPS) is 14.2. The van der Waals surface area contributed by atoms with Gasteiger partial charge in [-0.3, -0.25) is 0 Å². The molecule has 3 aliphatic rings. The zero-order chi connectivity index (χ0) is 64.2. The molecule has 0 fully saturated rings. The third-order valence-electron chi connectivity index (χ3n) is 21.0. The second-order valence-electron chi connectivity index (χ2n) is 27.7. The van der Waals surface area contributed by atoms with Crippen LogP contribution in [0.1, 0.15) is 97.2 Å². The zero-order valence-corrected chi connectivity index (χ0v) is 54.6. The molecule has 0 spiro atoms. The maximum absolute atomic E-state index is 2.44. The van der Waals surface area contributed by atoms with E-state index in [1.54, 1.807) is 0 Å². The Hall–Kier alpha value is -11.3. The minimum atomic E-state index is -0.221. The van der Waals surface area contributed by atoms with Gasteiger partial charge in [-0.25, -0.2) is 0 Å². The van der Waals surface area contributed by atoms with Crippen molar-refractivity contribution in [1.82, 2.24) is 0 Å². The van der Waals surface area contributed by atoms with E-state index in [4.69, 9.17) is 0 Å². The van der Waals surface area contributed by atoms with Crippen molar-refractivity contribution in [3.8, 4) is 55.6 Å². The van der Waals surface area contributed by atoms with E-state index in [0.29, 0.717) is 0 Å². The van der Waals surface area contributed by atoms with Crippen molar-refractivity contribution < 1.29 is 0 Å². The molecule has 0 radical (unpaired) electrons. The number of nitrogens with zero attached hydrogens (tertiary/aromatic N) is 2. The molecule has 0 saturated carbocycles. The lowest BCUT2D eigenvalue weighted by atomic mass is 9.81. The largest absolute Gasteiger partial charge is 0.310 e. The Balaban J connectivity index is 0.615. The Bertz CT molecular complexity index is 5080. The molecule has 2 nitrogen and oxygen atoms in total. The van der Waals surface area contributed by atoms with Gasteiger partial charge in [0, 0.05) is 49.8 Å². The van der Waals surface area contributed by atoms with Gasteiger partial charge in [0.1, 0.15) is 0 Å². The molecule has 454 valence electrons. The van der Waals surface area contributed by atoms with Crippen LogP contribution in [0.2, 0.25) is 0 Å². The number of rotatable bonds is 12. The fourth-order valence-corrected chi connectivity index (χ4v) is 15.9. The van der Waals surface area contributed by atoms with Gasteiger partial charge in [0.05, 0.1) is 11.4 Å². The third kappa shape index (κ3) is 9.77. The highest BCUT2D eigenvalue weighted by atomic mass is 15.1. The predicted molar refractivity (Wildman–Crippen MR) is 405 cm³/mol. The van der Waals surface area contributed by atoms with E-state index in [2.05, 4.69) is 379 Å². The second-order valence-corrected chi connectivity index (χ2v) is 27.7. The van der Waals surface area contributed by atoms with Crippen molar-refractivity contribution in [2.24, 2.45) is 0 Å². The fourth-order valence-electron chi connectivity index (χ4n) is 15.9. The Morgan fingerprint density at radius 2 is 0.484 bits per heavy atom. The van der Waals surface area contributed by atoms with Gasteiger partial charge in [0.25, 0.3) is 0 Å². The van der Waals surface area contributed by atoms with Gasteiger partial charge in [0.2, 0.25) is 0 Å². The molecule has 0 aliphatic heterocycles. The quantitative estimate of drug-likeness (QED) is 0.113. The van der Waals surface area contributed by atoms with Crippen LogP contribution in [0.25, 0.3) is 101 Å². The highest BCUT2D eigenvalue weighted by Crippen LogP contribution is 2.55. The molecule has 0 saturated heterocycles. The molecule has 0 unspecified atom stereocenters. The van der Waals surface area contributed by atoms with Crippen LogP contribution in [0.4, 0.5) is 34.1 Å². The van der Waals surface area contributed by atoms with Crippen LogP contribution in [0.15, 0.2) is 303 Å². The summed E-state index contributed by atoms with van der Waals surface area (Å²) in [4.78, 5) is 4.88. The van der Waals surface area contributed by atoms with E-state index in [1.807, 2.05) is 0 Å². The molecule has 0 amide bonds. The number of fused-ring (bicyclic) bond motifs is 11. The van der Waals surface area contributed by atoms with Crippen molar-refractivity contribution >= 4 is 80.0 Å². The highest BCUT2D eigenvalue weighted by Gasteiger charge is 2.39. The van der Waals surface area contributed by atoms with Crippen LogP contribution in [0, 0.1) is 0 Å². The number of hydrogen-bond acceptors (Lipinski definition) is 2. The molecular weight excluding hydrogens is 1150 g/mol. The van der Waals surface area contributed by atoms with Crippen molar-refractivity contribution in [2.75, 3.05) is 9.80 Å². The first kappa shape index (κ1) is 57.6. The van der Waals surface area contributed by atoms with Gasteiger partial charge in [-0.2, -0.15) is 0 Å². The molecule has 0 heterocycles. The summed E-state index contributed by atoms with van der Waals surface area (Å²) in [6.07, 6.45) is 9.21. The van der Waals surface area contributed by atoms with Crippen molar-refractivity contribution in [3.05, 3.63) is 359 Å². The molecule has 0 N–H and O–H groups in total. The Morgan fingerprint density at radius 3 is 0.821 bits per heavy atom. The molecular formula is C93H72N2. The third-order valence-corrected chi connectivity index (χ3v) is 21.0. The minimum Gasteiger partial charge on any atom is -0.310 e. The number of anilines is 6. The lowest BCUT2D eigenvalue weighted by Crippen LogP contribution is -2.17. The van der Waals surface area contributed by atoms with Crippen LogP contribution in [0.3, 0.4) is 0 Å². The van der Waals surface area contributed by atoms with Crippen LogP contribution in [-0.4, -0.2) is 0 Å². The lowest BCUT2D eigenvalue weighted by molar-refractivity contribution is 0.660. The van der Waals surface area contributed by atoms with Crippen molar-refractivity contribution in [2.45, 2.75) is 57.8 Å². The summed E-state index contributed by atoms with van der Waals surface area (Å²) >= 11 is 0. The van der Waals surface area contributed by atoms with E-state index in [-0.39, 0.29) is 16.2 Å². The maximum Gasteiger partial charge on any atom is 0.0540 e. The summed E-state index contributed by atoms with van der Waals surface area (Å²) in [6.45, 7) is 14.4. The van der Waals surface area contributed by atoms with E-state index < -0.39 is 0 Å². The van der Waals surface area contributed by atoms with E-state index in [1.165, 1.54) is 133 Å². The maximum atomic E-state index is 2.44. The Labute approximate surface area is 558 Å². The smallest absolute Gasteiger partial charge is 0.0540 e. The highest BCUT2D eigenvalue weighted by molar-refractivity contribution is 6.02. The molecule has 95 heavy (non-hydrogen) atoms. The molecule has 0 atom stereocenters. The van der Waals surface area contributed by atoms with E-state index in [0.717, 1.165) is 34.1 Å². The molecule has 3 aliphatic carbocycles. The van der Waals surface area contributed by atoms with Gasteiger partial charge in [-0.05, 0) is 183 Å². The zero-order valence-electron chi connectivity index (χ0n) is 54.6. The summed E-state index contributed by atoms with van der Waals surface area (Å²) in [6, 6.07) is 113. The summed E-state index contributed by atoms with van der Waals surface area (Å²) < 4.78 is 0. The molecule has 0 bridgehead atoms. The molecule has 2 heteroatoms. The summed E-state index contributed by atoms with van der Waals surface area (Å²) in [5.41, 5.74) is 31.9. The Morgan fingerprint density at radius 1 is 0.221 bits per heavy atom. The SMILES string of the molecule is CC1(C)c2cc(/C=C/c3ccc4c(c3)C(C)(C)c3cc(N(c5ccc(-c6ccccc6)cc5)c5cccc6ccccc56)ccc3-4)ccc2-c2ccc(/C=C/c3ccc4c(c3)C(C)(C)c3cc(N(c5ccc(-c6ccccc6)cc5)c5cccc6ccccc56)ccc3-4)cc21. The monoisotopic (exact) mass is 1220 g/mol. The summed E-state index contributed by atoms with van der Waals surface area (Å²) in [5.74, 6) is 0. The fraction of sp³-hybridized carbons (Fsp3) is 0.0968. The standard InChI is InChI=1S/C93H72N2/c1-91(2)83-55-61(31-33-63-37-51-79-81-53-47-73(59-87(81)92(3,4)85(79)57-63)94(89-29-17-25-69-23-13-15-27-75(69)89)71-43-39-67(40-44-71)65-19-9-7-10-20-65)35-49-77(83)78-50-36-62(56-84(78)91)32-34-64-38-52-80-82-54-48-74(60-88(82)93(5,6)86(80)58-64)95(90-30-18-26-70-24-14-16-28-76(70)90)72-45-41-68(42-46-72)66-21-11-8-12-22-66/h7-60H,1-6H3/b33-31+,34-32+. The number of hydrogen-bond donors (Lipinski definition) is 0. The van der Waals surface area contributed by atoms with Gasteiger partial charge >= 0.3 is 0 Å². The minimum absolute atomic E-state index is 0.174. The second kappa shape index (κ2) is 22.5. The summed E-state index contributed by atoms with van der Waals surface area (Å²) in [5, 5.41) is 4.88. The van der Waals surface area contributed by atoms with Crippen LogP contribution in [0.5, 0.6) is 0 Å². The van der Waals surface area contributed by atoms with Crippen molar-refractivity contribution in [1.29, 1.82) is 0 Å². The van der Waals surface area contributed by atoms with Crippen LogP contribution >= 0.6 is 0 Å². The first-order valence-electron chi connectivity index (χ1n) is 33.4. The average molecular weight is 1220 g/mol. The van der Waals surface area contributed by atoms with E-state index in [9.17, 15) is 0 Å². The molecule has 14 aromatic carbocycles.